The van der Waals surface area contributed by atoms with Crippen LogP contribution in [0.4, 0.5) is 0 Å². The number of hydrogen-bond donors (Lipinski definition) is 2. The van der Waals surface area contributed by atoms with E-state index >= 15 is 0 Å². The maximum absolute atomic E-state index is 12.2. The van der Waals surface area contributed by atoms with Gasteiger partial charge in [-0.05, 0) is 46.0 Å². The van der Waals surface area contributed by atoms with Crippen molar-refractivity contribution in [3.05, 3.63) is 17.0 Å². The maximum atomic E-state index is 12.2. The summed E-state index contributed by atoms with van der Waals surface area (Å²) in [4.78, 5) is 3.06. The van der Waals surface area contributed by atoms with Gasteiger partial charge in [-0.1, -0.05) is 0 Å². The molecule has 1 aliphatic carbocycles. The first-order valence-corrected chi connectivity index (χ1v) is 9.16. The molecule has 2 N–H and O–H groups in total. The van der Waals surface area contributed by atoms with Gasteiger partial charge in [-0.2, -0.15) is 0 Å². The summed E-state index contributed by atoms with van der Waals surface area (Å²) in [5.74, 6) is 0. The van der Waals surface area contributed by atoms with Gasteiger partial charge in [0.1, 0.15) is 4.21 Å². The van der Waals surface area contributed by atoms with Gasteiger partial charge in [0.2, 0.25) is 10.0 Å². The van der Waals surface area contributed by atoms with Crippen molar-refractivity contribution in [3.8, 4) is 0 Å². The molecule has 0 amide bonds. The third-order valence-electron chi connectivity index (χ3n) is 3.49. The average molecular weight is 317 g/mol. The SMILES string of the molecule is CC(CNS(=O)(=O)c1ccc(CNC2CC2)s1)N(C)C. The number of nitrogens with zero attached hydrogens (tertiary/aromatic N) is 1. The predicted octanol–water partition coefficient (Wildman–Crippen LogP) is 1.23. The minimum Gasteiger partial charge on any atom is -0.309 e. The molecule has 1 aromatic rings. The van der Waals surface area contributed by atoms with Crippen molar-refractivity contribution in [2.75, 3.05) is 20.6 Å². The summed E-state index contributed by atoms with van der Waals surface area (Å²) in [6.07, 6.45) is 2.47. The molecular formula is C13H23N3O2S2. The van der Waals surface area contributed by atoms with Crippen molar-refractivity contribution in [3.63, 3.8) is 0 Å². The van der Waals surface area contributed by atoms with Gasteiger partial charge in [-0.15, -0.1) is 11.3 Å². The van der Waals surface area contributed by atoms with E-state index in [4.69, 9.17) is 0 Å². The lowest BCUT2D eigenvalue weighted by Crippen LogP contribution is -2.37. The highest BCUT2D eigenvalue weighted by Gasteiger charge is 2.21. The Morgan fingerprint density at radius 3 is 2.70 bits per heavy atom. The molecule has 1 saturated carbocycles. The number of sulfonamides is 1. The summed E-state index contributed by atoms with van der Waals surface area (Å²) in [5.41, 5.74) is 0. The van der Waals surface area contributed by atoms with Crippen molar-refractivity contribution in [1.82, 2.24) is 14.9 Å². The largest absolute Gasteiger partial charge is 0.309 e. The molecule has 20 heavy (non-hydrogen) atoms. The van der Waals surface area contributed by atoms with E-state index in [9.17, 15) is 8.42 Å². The first-order valence-electron chi connectivity index (χ1n) is 6.86. The van der Waals surface area contributed by atoms with Gasteiger partial charge in [-0.25, -0.2) is 13.1 Å². The number of rotatable bonds is 8. The smallest absolute Gasteiger partial charge is 0.250 e. The van der Waals surface area contributed by atoms with Crippen molar-refractivity contribution >= 4 is 21.4 Å². The van der Waals surface area contributed by atoms with Crippen LogP contribution >= 0.6 is 11.3 Å². The Morgan fingerprint density at radius 1 is 1.40 bits per heavy atom. The Bertz CT molecular complexity index is 536. The van der Waals surface area contributed by atoms with Crippen LogP contribution in [0.3, 0.4) is 0 Å². The molecule has 0 spiro atoms. The van der Waals surface area contributed by atoms with Crippen LogP contribution in [0.5, 0.6) is 0 Å². The van der Waals surface area contributed by atoms with Crippen molar-refractivity contribution in [2.45, 2.75) is 42.6 Å². The monoisotopic (exact) mass is 317 g/mol. The summed E-state index contributed by atoms with van der Waals surface area (Å²) in [5, 5.41) is 3.39. The number of nitrogens with one attached hydrogen (secondary N) is 2. The van der Waals surface area contributed by atoms with Crippen LogP contribution in [0.1, 0.15) is 24.6 Å². The Hall–Kier alpha value is -0.470. The Labute approximate surface area is 125 Å². The van der Waals surface area contributed by atoms with E-state index < -0.39 is 10.0 Å². The fourth-order valence-electron chi connectivity index (χ4n) is 1.61. The van der Waals surface area contributed by atoms with Gasteiger partial charge < -0.3 is 10.2 Å². The number of hydrogen-bond acceptors (Lipinski definition) is 5. The van der Waals surface area contributed by atoms with E-state index in [2.05, 4.69) is 10.0 Å². The molecule has 0 aliphatic heterocycles. The van der Waals surface area contributed by atoms with Gasteiger partial charge in [0.15, 0.2) is 0 Å². The second-order valence-corrected chi connectivity index (χ2v) is 8.70. The molecule has 1 heterocycles. The topological polar surface area (TPSA) is 61.4 Å². The lowest BCUT2D eigenvalue weighted by atomic mass is 10.3. The van der Waals surface area contributed by atoms with Gasteiger partial charge in [0.25, 0.3) is 0 Å². The highest BCUT2D eigenvalue weighted by Crippen LogP contribution is 2.24. The molecule has 1 aromatic heterocycles. The Morgan fingerprint density at radius 2 is 2.10 bits per heavy atom. The summed E-state index contributed by atoms with van der Waals surface area (Å²) >= 11 is 1.34. The highest BCUT2D eigenvalue weighted by molar-refractivity contribution is 7.91. The Kier molecular flexibility index (Phi) is 5.19. The summed E-state index contributed by atoms with van der Waals surface area (Å²) in [7, 11) is 0.496. The Balaban J connectivity index is 1.90. The van der Waals surface area contributed by atoms with Crippen LogP contribution in [0.25, 0.3) is 0 Å². The van der Waals surface area contributed by atoms with Crippen molar-refractivity contribution < 1.29 is 8.42 Å². The third-order valence-corrected chi connectivity index (χ3v) is 6.50. The van der Waals surface area contributed by atoms with Gasteiger partial charge in [0, 0.05) is 30.1 Å². The molecular weight excluding hydrogens is 294 g/mol. The first-order chi connectivity index (χ1) is 9.38. The molecule has 5 nitrogen and oxygen atoms in total. The molecule has 0 aromatic carbocycles. The van der Waals surface area contributed by atoms with E-state index in [1.54, 1.807) is 6.07 Å². The summed E-state index contributed by atoms with van der Waals surface area (Å²) < 4.78 is 27.4. The molecule has 2 rings (SSSR count). The fourth-order valence-corrected chi connectivity index (χ4v) is 4.09. The molecule has 1 unspecified atom stereocenters. The van der Waals surface area contributed by atoms with Gasteiger partial charge >= 0.3 is 0 Å². The van der Waals surface area contributed by atoms with Gasteiger partial charge in [-0.3, -0.25) is 0 Å². The van der Waals surface area contributed by atoms with E-state index in [0.29, 0.717) is 16.8 Å². The fraction of sp³-hybridized carbons (Fsp3) is 0.692. The zero-order valence-corrected chi connectivity index (χ0v) is 13.9. The molecule has 7 heteroatoms. The van der Waals surface area contributed by atoms with Crippen molar-refractivity contribution in [2.24, 2.45) is 0 Å². The normalized spacial score (nSPS) is 17.6. The highest BCUT2D eigenvalue weighted by atomic mass is 32.2. The molecule has 1 atom stereocenters. The second kappa shape index (κ2) is 6.53. The summed E-state index contributed by atoms with van der Waals surface area (Å²) in [6.45, 7) is 3.17. The molecule has 1 aliphatic rings. The zero-order chi connectivity index (χ0) is 14.8. The third kappa shape index (κ3) is 4.53. The van der Waals surface area contributed by atoms with E-state index in [0.717, 1.165) is 11.4 Å². The van der Waals surface area contributed by atoms with Crippen LogP contribution in [0, 0.1) is 0 Å². The molecule has 0 saturated heterocycles. The first kappa shape index (κ1) is 15.9. The van der Waals surface area contributed by atoms with Crippen LogP contribution in [0.15, 0.2) is 16.3 Å². The zero-order valence-electron chi connectivity index (χ0n) is 12.2. The molecule has 0 radical (unpaired) electrons. The van der Waals surface area contributed by atoms with E-state index in [1.165, 1.54) is 24.2 Å². The van der Waals surface area contributed by atoms with E-state index in [1.807, 2.05) is 32.0 Å². The van der Waals surface area contributed by atoms with Gasteiger partial charge in [0.05, 0.1) is 0 Å². The average Bonchev–Trinajstić information content (AvgIpc) is 3.09. The minimum absolute atomic E-state index is 0.167. The second-order valence-electron chi connectivity index (χ2n) is 5.54. The molecule has 0 bridgehead atoms. The minimum atomic E-state index is -3.38. The van der Waals surface area contributed by atoms with Crippen molar-refractivity contribution in [1.29, 1.82) is 0 Å². The van der Waals surface area contributed by atoms with E-state index in [-0.39, 0.29) is 6.04 Å². The predicted molar refractivity (Wildman–Crippen MR) is 82.5 cm³/mol. The molecule has 1 fully saturated rings. The molecule has 114 valence electrons. The number of thiophene rings is 1. The number of likely N-dealkylation sites (N-methyl/N-ethyl adjacent to an activating group) is 1. The maximum Gasteiger partial charge on any atom is 0.250 e. The quantitative estimate of drug-likeness (QED) is 0.757. The standard InChI is InChI=1S/C13H23N3O2S2/c1-10(16(2)3)8-15-20(17,18)13-7-6-12(19-13)9-14-11-4-5-11/h6-7,10-11,14-15H,4-5,8-9H2,1-3H3. The summed E-state index contributed by atoms with van der Waals surface area (Å²) in [6, 6.07) is 4.39. The van der Waals surface area contributed by atoms with Crippen LogP contribution < -0.4 is 10.0 Å². The van der Waals surface area contributed by atoms with Crippen LogP contribution in [-0.4, -0.2) is 46.0 Å². The lowest BCUT2D eigenvalue weighted by molar-refractivity contribution is 0.314. The van der Waals surface area contributed by atoms with Crippen LogP contribution in [-0.2, 0) is 16.6 Å². The van der Waals surface area contributed by atoms with Crippen LogP contribution in [0.2, 0.25) is 0 Å². The lowest BCUT2D eigenvalue weighted by Gasteiger charge is -2.19.